The molecule has 18 heavy (non-hydrogen) atoms. The van der Waals surface area contributed by atoms with Gasteiger partial charge in [0.05, 0.1) is 14.2 Å². The summed E-state index contributed by atoms with van der Waals surface area (Å²) in [6.45, 7) is 1.61. The SMILES string of the molecule is COc1cc(C)c(CC(F)(F)C(=O)O)cc1OC. The highest BCUT2D eigenvalue weighted by Gasteiger charge is 2.39. The lowest BCUT2D eigenvalue weighted by molar-refractivity contribution is -0.164. The van der Waals surface area contributed by atoms with Crippen LogP contribution in [0.25, 0.3) is 0 Å². The molecule has 0 unspecified atom stereocenters. The van der Waals surface area contributed by atoms with Crippen molar-refractivity contribution < 1.29 is 28.2 Å². The van der Waals surface area contributed by atoms with Crippen LogP contribution in [0.2, 0.25) is 0 Å². The number of carboxylic acids is 1. The van der Waals surface area contributed by atoms with E-state index in [0.29, 0.717) is 17.1 Å². The lowest BCUT2D eigenvalue weighted by atomic mass is 10.0. The average Bonchev–Trinajstić information content (AvgIpc) is 2.30. The lowest BCUT2D eigenvalue weighted by Gasteiger charge is -2.16. The van der Waals surface area contributed by atoms with E-state index in [0.717, 1.165) is 0 Å². The fourth-order valence-electron chi connectivity index (χ4n) is 1.53. The molecule has 1 N–H and O–H groups in total. The molecule has 0 spiro atoms. The van der Waals surface area contributed by atoms with Crippen molar-refractivity contribution in [3.05, 3.63) is 23.3 Å². The van der Waals surface area contributed by atoms with E-state index in [2.05, 4.69) is 0 Å². The minimum atomic E-state index is -3.80. The molecule has 0 saturated carbocycles. The van der Waals surface area contributed by atoms with Crippen LogP contribution in [0.15, 0.2) is 12.1 Å². The number of hydrogen-bond acceptors (Lipinski definition) is 3. The maximum Gasteiger partial charge on any atom is 0.374 e. The van der Waals surface area contributed by atoms with E-state index in [1.165, 1.54) is 26.4 Å². The van der Waals surface area contributed by atoms with E-state index in [1.54, 1.807) is 6.92 Å². The quantitative estimate of drug-likeness (QED) is 0.882. The van der Waals surface area contributed by atoms with Crippen LogP contribution in [0.4, 0.5) is 8.78 Å². The van der Waals surface area contributed by atoms with Gasteiger partial charge in [0.15, 0.2) is 11.5 Å². The number of aryl methyl sites for hydroxylation is 1. The highest BCUT2D eigenvalue weighted by atomic mass is 19.3. The molecular formula is C12H14F2O4. The van der Waals surface area contributed by atoms with Crippen LogP contribution in [0.5, 0.6) is 11.5 Å². The fourth-order valence-corrected chi connectivity index (χ4v) is 1.53. The molecule has 0 aromatic heterocycles. The Kier molecular flexibility index (Phi) is 4.11. The molecule has 0 amide bonds. The number of hydrogen-bond donors (Lipinski definition) is 1. The predicted molar refractivity (Wildman–Crippen MR) is 60.6 cm³/mol. The summed E-state index contributed by atoms with van der Waals surface area (Å²) >= 11 is 0. The summed E-state index contributed by atoms with van der Waals surface area (Å²) in [4.78, 5) is 10.4. The van der Waals surface area contributed by atoms with Crippen molar-refractivity contribution in [2.45, 2.75) is 19.3 Å². The molecule has 0 aliphatic heterocycles. The Balaban J connectivity index is 3.14. The number of rotatable bonds is 5. The normalized spacial score (nSPS) is 11.2. The second-order valence-electron chi connectivity index (χ2n) is 3.82. The maximum atomic E-state index is 13.2. The summed E-state index contributed by atoms with van der Waals surface area (Å²) in [5, 5.41) is 8.41. The van der Waals surface area contributed by atoms with Crippen molar-refractivity contribution in [1.82, 2.24) is 0 Å². The first-order valence-corrected chi connectivity index (χ1v) is 5.14. The van der Waals surface area contributed by atoms with Gasteiger partial charge in [-0.2, -0.15) is 8.78 Å². The summed E-state index contributed by atoms with van der Waals surface area (Å²) in [6, 6.07) is 2.90. The van der Waals surface area contributed by atoms with Gasteiger partial charge in [-0.1, -0.05) is 0 Å². The second kappa shape index (κ2) is 5.20. The third kappa shape index (κ3) is 2.88. The molecule has 0 aliphatic rings. The van der Waals surface area contributed by atoms with Gasteiger partial charge in [0.1, 0.15) is 0 Å². The first-order chi connectivity index (χ1) is 8.31. The molecule has 1 aromatic rings. The summed E-state index contributed by atoms with van der Waals surface area (Å²) in [6.07, 6.45) is -0.880. The highest BCUT2D eigenvalue weighted by molar-refractivity contribution is 5.75. The van der Waals surface area contributed by atoms with Gasteiger partial charge in [-0.3, -0.25) is 0 Å². The Morgan fingerprint density at radius 1 is 1.28 bits per heavy atom. The average molecular weight is 260 g/mol. The fraction of sp³-hybridized carbons (Fsp3) is 0.417. The van der Waals surface area contributed by atoms with Crippen LogP contribution in [-0.2, 0) is 11.2 Å². The number of ether oxygens (including phenoxy) is 2. The van der Waals surface area contributed by atoms with E-state index in [-0.39, 0.29) is 5.56 Å². The monoisotopic (exact) mass is 260 g/mol. The second-order valence-corrected chi connectivity index (χ2v) is 3.82. The van der Waals surface area contributed by atoms with E-state index < -0.39 is 18.3 Å². The Morgan fingerprint density at radius 2 is 1.78 bits per heavy atom. The molecule has 0 heterocycles. The van der Waals surface area contributed by atoms with E-state index in [4.69, 9.17) is 14.6 Å². The summed E-state index contributed by atoms with van der Waals surface area (Å²) in [5.41, 5.74) is 0.730. The van der Waals surface area contributed by atoms with Crippen molar-refractivity contribution in [3.63, 3.8) is 0 Å². The molecule has 0 saturated heterocycles. The van der Waals surface area contributed by atoms with Crippen LogP contribution in [0.1, 0.15) is 11.1 Å². The molecule has 0 atom stereocenters. The van der Waals surface area contributed by atoms with Crippen molar-refractivity contribution in [2.24, 2.45) is 0 Å². The smallest absolute Gasteiger partial charge is 0.374 e. The van der Waals surface area contributed by atoms with Crippen molar-refractivity contribution in [1.29, 1.82) is 0 Å². The maximum absolute atomic E-state index is 13.2. The third-order valence-electron chi connectivity index (χ3n) is 2.57. The van der Waals surface area contributed by atoms with Crippen molar-refractivity contribution >= 4 is 5.97 Å². The minimum absolute atomic E-state index is 0.208. The Hall–Kier alpha value is -1.85. The number of halogens is 2. The zero-order chi connectivity index (χ0) is 13.9. The first kappa shape index (κ1) is 14.2. The molecule has 1 aromatic carbocycles. The number of alkyl halides is 2. The molecule has 6 heteroatoms. The van der Waals surface area contributed by atoms with E-state index in [1.807, 2.05) is 0 Å². The number of methoxy groups -OCH3 is 2. The standard InChI is InChI=1S/C12H14F2O4/c1-7-4-9(17-2)10(18-3)5-8(7)6-12(13,14)11(15)16/h4-5H,6H2,1-3H3,(H,15,16). The van der Waals surface area contributed by atoms with Gasteiger partial charge in [0.2, 0.25) is 0 Å². The summed E-state index contributed by atoms with van der Waals surface area (Å²) in [7, 11) is 2.81. The molecular weight excluding hydrogens is 246 g/mol. The van der Waals surface area contributed by atoms with Crippen molar-refractivity contribution in [3.8, 4) is 11.5 Å². The molecule has 0 radical (unpaired) electrons. The molecule has 0 bridgehead atoms. The predicted octanol–water partition coefficient (Wildman–Crippen LogP) is 2.27. The number of carbonyl (C=O) groups is 1. The highest BCUT2D eigenvalue weighted by Crippen LogP contribution is 2.32. The zero-order valence-electron chi connectivity index (χ0n) is 10.3. The van der Waals surface area contributed by atoms with Crippen LogP contribution in [0, 0.1) is 6.92 Å². The Morgan fingerprint density at radius 3 is 2.22 bits per heavy atom. The van der Waals surface area contributed by atoms with Gasteiger partial charge >= 0.3 is 11.9 Å². The van der Waals surface area contributed by atoms with Gasteiger partial charge in [-0.15, -0.1) is 0 Å². The molecule has 1 rings (SSSR count). The molecule has 0 aliphatic carbocycles. The lowest BCUT2D eigenvalue weighted by Crippen LogP contribution is -2.31. The molecule has 100 valence electrons. The number of aliphatic carboxylic acids is 1. The minimum Gasteiger partial charge on any atom is -0.493 e. The largest absolute Gasteiger partial charge is 0.493 e. The Bertz CT molecular complexity index is 458. The van der Waals surface area contributed by atoms with Gasteiger partial charge in [0, 0.05) is 6.42 Å². The van der Waals surface area contributed by atoms with Crippen LogP contribution >= 0.6 is 0 Å². The first-order valence-electron chi connectivity index (χ1n) is 5.14. The van der Waals surface area contributed by atoms with Gasteiger partial charge < -0.3 is 14.6 Å². The number of benzene rings is 1. The van der Waals surface area contributed by atoms with E-state index in [9.17, 15) is 13.6 Å². The zero-order valence-corrected chi connectivity index (χ0v) is 10.3. The molecule has 0 fully saturated rings. The topological polar surface area (TPSA) is 55.8 Å². The number of carboxylic acid groups (broad SMARTS) is 1. The van der Waals surface area contributed by atoms with Crippen LogP contribution < -0.4 is 9.47 Å². The van der Waals surface area contributed by atoms with Gasteiger partial charge in [-0.25, -0.2) is 4.79 Å². The summed E-state index contributed by atoms with van der Waals surface area (Å²) < 4.78 is 36.3. The third-order valence-corrected chi connectivity index (χ3v) is 2.57. The van der Waals surface area contributed by atoms with Gasteiger partial charge in [-0.05, 0) is 30.2 Å². The van der Waals surface area contributed by atoms with E-state index >= 15 is 0 Å². The van der Waals surface area contributed by atoms with Gasteiger partial charge in [0.25, 0.3) is 0 Å². The van der Waals surface area contributed by atoms with Crippen LogP contribution in [-0.4, -0.2) is 31.2 Å². The summed E-state index contributed by atoms with van der Waals surface area (Å²) in [5.74, 6) is -5.24. The molecule has 4 nitrogen and oxygen atoms in total. The Labute approximate surface area is 103 Å². The van der Waals surface area contributed by atoms with Crippen LogP contribution in [0.3, 0.4) is 0 Å². The van der Waals surface area contributed by atoms with Crippen molar-refractivity contribution in [2.75, 3.05) is 14.2 Å².